The smallest absolute Gasteiger partial charge is 0.271 e. The number of nitrogens with one attached hydrogen (secondary N) is 1. The maximum Gasteiger partial charge on any atom is 0.271 e. The van der Waals surface area contributed by atoms with Gasteiger partial charge in [0.15, 0.2) is 0 Å². The molecule has 0 saturated carbocycles. The van der Waals surface area contributed by atoms with Crippen LogP contribution >= 0.6 is 11.6 Å². The number of aliphatic hydroxyl groups excluding tert-OH is 1. The van der Waals surface area contributed by atoms with Crippen LogP contribution in [0.2, 0.25) is 5.02 Å². The van der Waals surface area contributed by atoms with E-state index in [-0.39, 0.29) is 23.2 Å². The summed E-state index contributed by atoms with van der Waals surface area (Å²) in [4.78, 5) is 22.3. The molecule has 1 aromatic heterocycles. The van der Waals surface area contributed by atoms with Gasteiger partial charge in [-0.3, -0.25) is 9.69 Å². The normalized spacial score (nSPS) is 18.6. The monoisotopic (exact) mass is 326 g/mol. The number of amides is 1. The summed E-state index contributed by atoms with van der Waals surface area (Å²) in [6, 6.07) is 0.317. The molecule has 22 heavy (non-hydrogen) atoms. The SMILES string of the molecule is Cc1ncc(Cl)c(C(=O)NCCCCN2CCCC2CO)n1. The summed E-state index contributed by atoms with van der Waals surface area (Å²) in [5.74, 6) is 0.267. The molecule has 0 aliphatic carbocycles. The third kappa shape index (κ3) is 4.63. The van der Waals surface area contributed by atoms with E-state index in [0.29, 0.717) is 18.4 Å². The molecular weight excluding hydrogens is 304 g/mol. The largest absolute Gasteiger partial charge is 0.395 e. The zero-order valence-electron chi connectivity index (χ0n) is 12.9. The van der Waals surface area contributed by atoms with E-state index in [9.17, 15) is 9.90 Å². The van der Waals surface area contributed by atoms with Crippen molar-refractivity contribution in [2.45, 2.75) is 38.6 Å². The number of likely N-dealkylation sites (tertiary alicyclic amines) is 1. The number of rotatable bonds is 7. The standard InChI is InChI=1S/C15H23ClN4O2/c1-11-18-9-13(16)14(19-11)15(22)17-6-2-3-7-20-8-4-5-12(20)10-21/h9,12,21H,2-8,10H2,1H3,(H,17,22). The van der Waals surface area contributed by atoms with Gasteiger partial charge in [-0.05, 0) is 45.7 Å². The Morgan fingerprint density at radius 3 is 3.14 bits per heavy atom. The topological polar surface area (TPSA) is 78.4 Å². The molecule has 122 valence electrons. The Balaban J connectivity index is 1.68. The van der Waals surface area contributed by atoms with E-state index in [1.165, 1.54) is 6.20 Å². The molecule has 1 saturated heterocycles. The van der Waals surface area contributed by atoms with Crippen molar-refractivity contribution >= 4 is 17.5 Å². The molecule has 1 atom stereocenters. The predicted molar refractivity (Wildman–Crippen MR) is 85.0 cm³/mol. The first kappa shape index (κ1) is 17.1. The highest BCUT2D eigenvalue weighted by Gasteiger charge is 2.22. The van der Waals surface area contributed by atoms with Gasteiger partial charge in [0.1, 0.15) is 11.5 Å². The lowest BCUT2D eigenvalue weighted by molar-refractivity contribution is 0.0947. The molecule has 1 aromatic rings. The summed E-state index contributed by atoms with van der Waals surface area (Å²) in [6.45, 7) is 4.58. The van der Waals surface area contributed by atoms with Crippen molar-refractivity contribution in [2.75, 3.05) is 26.2 Å². The molecule has 1 unspecified atom stereocenters. The zero-order chi connectivity index (χ0) is 15.9. The van der Waals surface area contributed by atoms with Crippen LogP contribution in [0.5, 0.6) is 0 Å². The quantitative estimate of drug-likeness (QED) is 0.741. The van der Waals surface area contributed by atoms with Crippen molar-refractivity contribution in [1.29, 1.82) is 0 Å². The Kier molecular flexibility index (Phi) is 6.54. The molecule has 0 radical (unpaired) electrons. The maximum absolute atomic E-state index is 12.0. The van der Waals surface area contributed by atoms with E-state index in [4.69, 9.17) is 11.6 Å². The second kappa shape index (κ2) is 8.41. The first-order chi connectivity index (χ1) is 10.6. The third-order valence-electron chi connectivity index (χ3n) is 3.95. The molecule has 2 heterocycles. The molecule has 2 N–H and O–H groups in total. The fraction of sp³-hybridized carbons (Fsp3) is 0.667. The number of aryl methyl sites for hydroxylation is 1. The first-order valence-electron chi connectivity index (χ1n) is 7.74. The van der Waals surface area contributed by atoms with E-state index >= 15 is 0 Å². The average molecular weight is 327 g/mol. The number of hydrogen-bond acceptors (Lipinski definition) is 5. The number of carbonyl (C=O) groups excluding carboxylic acids is 1. The molecule has 1 aliphatic rings. The van der Waals surface area contributed by atoms with Crippen LogP contribution in [0.15, 0.2) is 6.20 Å². The second-order valence-corrected chi connectivity index (χ2v) is 6.00. The van der Waals surface area contributed by atoms with E-state index in [1.807, 2.05) is 0 Å². The molecule has 0 spiro atoms. The molecule has 1 fully saturated rings. The van der Waals surface area contributed by atoms with Crippen LogP contribution in [0.4, 0.5) is 0 Å². The zero-order valence-corrected chi connectivity index (χ0v) is 13.6. The Hall–Kier alpha value is -1.24. The van der Waals surface area contributed by atoms with Crippen molar-refractivity contribution in [1.82, 2.24) is 20.2 Å². The predicted octanol–water partition coefficient (Wildman–Crippen LogP) is 1.41. The van der Waals surface area contributed by atoms with Crippen LogP contribution in [0.3, 0.4) is 0 Å². The van der Waals surface area contributed by atoms with Gasteiger partial charge in [0, 0.05) is 12.6 Å². The van der Waals surface area contributed by atoms with Gasteiger partial charge in [-0.15, -0.1) is 0 Å². The number of carbonyl (C=O) groups is 1. The van der Waals surface area contributed by atoms with Crippen molar-refractivity contribution in [2.24, 2.45) is 0 Å². The number of halogens is 1. The number of nitrogens with zero attached hydrogens (tertiary/aromatic N) is 3. The molecule has 6 nitrogen and oxygen atoms in total. The van der Waals surface area contributed by atoms with Gasteiger partial charge in [-0.1, -0.05) is 11.6 Å². The minimum Gasteiger partial charge on any atom is -0.395 e. The lowest BCUT2D eigenvalue weighted by atomic mass is 10.2. The van der Waals surface area contributed by atoms with Crippen LogP contribution in [-0.2, 0) is 0 Å². The Morgan fingerprint density at radius 1 is 1.55 bits per heavy atom. The van der Waals surface area contributed by atoms with Gasteiger partial charge >= 0.3 is 0 Å². The summed E-state index contributed by atoms with van der Waals surface area (Å²) in [5, 5.41) is 12.4. The highest BCUT2D eigenvalue weighted by molar-refractivity contribution is 6.33. The highest BCUT2D eigenvalue weighted by atomic mass is 35.5. The minimum absolute atomic E-state index is 0.231. The van der Waals surface area contributed by atoms with Gasteiger partial charge in [-0.25, -0.2) is 9.97 Å². The molecule has 7 heteroatoms. The van der Waals surface area contributed by atoms with Crippen molar-refractivity contribution < 1.29 is 9.90 Å². The second-order valence-electron chi connectivity index (χ2n) is 5.59. The number of aromatic nitrogens is 2. The summed E-state index contributed by atoms with van der Waals surface area (Å²) in [7, 11) is 0. The lowest BCUT2D eigenvalue weighted by Gasteiger charge is -2.22. The van der Waals surface area contributed by atoms with Crippen molar-refractivity contribution in [3.8, 4) is 0 Å². The maximum atomic E-state index is 12.0. The van der Waals surface area contributed by atoms with Crippen LogP contribution in [0.25, 0.3) is 0 Å². The Labute approximate surface area is 135 Å². The van der Waals surface area contributed by atoms with E-state index in [0.717, 1.165) is 38.8 Å². The van der Waals surface area contributed by atoms with Gasteiger partial charge in [-0.2, -0.15) is 0 Å². The fourth-order valence-corrected chi connectivity index (χ4v) is 2.91. The molecule has 0 aromatic carbocycles. The molecule has 0 bridgehead atoms. The summed E-state index contributed by atoms with van der Waals surface area (Å²) >= 11 is 5.93. The van der Waals surface area contributed by atoms with Gasteiger partial charge in [0.05, 0.1) is 17.8 Å². The lowest BCUT2D eigenvalue weighted by Crippen LogP contribution is -2.33. The fourth-order valence-electron chi connectivity index (χ4n) is 2.74. The van der Waals surface area contributed by atoms with E-state index in [2.05, 4.69) is 20.2 Å². The summed E-state index contributed by atoms with van der Waals surface area (Å²) in [6.07, 6.45) is 5.57. The van der Waals surface area contributed by atoms with Gasteiger partial charge in [0.25, 0.3) is 5.91 Å². The number of unbranched alkanes of at least 4 members (excludes halogenated alkanes) is 1. The average Bonchev–Trinajstić information content (AvgIpc) is 2.96. The van der Waals surface area contributed by atoms with E-state index in [1.54, 1.807) is 6.92 Å². The Bertz CT molecular complexity index is 512. The molecule has 1 amide bonds. The van der Waals surface area contributed by atoms with Gasteiger partial charge in [0.2, 0.25) is 0 Å². The summed E-state index contributed by atoms with van der Waals surface area (Å²) < 4.78 is 0. The molecule has 1 aliphatic heterocycles. The van der Waals surface area contributed by atoms with Crippen molar-refractivity contribution in [3.63, 3.8) is 0 Å². The van der Waals surface area contributed by atoms with Crippen LogP contribution in [-0.4, -0.2) is 58.2 Å². The van der Waals surface area contributed by atoms with Crippen molar-refractivity contribution in [3.05, 3.63) is 22.7 Å². The van der Waals surface area contributed by atoms with E-state index < -0.39 is 0 Å². The Morgan fingerprint density at radius 2 is 2.36 bits per heavy atom. The minimum atomic E-state index is -0.259. The number of hydrogen-bond donors (Lipinski definition) is 2. The number of aliphatic hydroxyl groups is 1. The molecular formula is C15H23ClN4O2. The third-order valence-corrected chi connectivity index (χ3v) is 4.22. The van der Waals surface area contributed by atoms with Crippen LogP contribution in [0.1, 0.15) is 42.0 Å². The summed E-state index contributed by atoms with van der Waals surface area (Å²) in [5.41, 5.74) is 0.231. The molecule has 2 rings (SSSR count). The van der Waals surface area contributed by atoms with Gasteiger partial charge < -0.3 is 10.4 Å². The highest BCUT2D eigenvalue weighted by Crippen LogP contribution is 2.17. The first-order valence-corrected chi connectivity index (χ1v) is 8.12. The van der Waals surface area contributed by atoms with Crippen LogP contribution in [0, 0.1) is 6.92 Å². The van der Waals surface area contributed by atoms with Crippen LogP contribution < -0.4 is 5.32 Å².